The Morgan fingerprint density at radius 3 is 3.21 bits per heavy atom. The van der Waals surface area contributed by atoms with Crippen molar-refractivity contribution in [3.05, 3.63) is 12.4 Å². The van der Waals surface area contributed by atoms with Gasteiger partial charge in [-0.25, -0.2) is 9.97 Å². The molecule has 2 aromatic rings. The quantitative estimate of drug-likeness (QED) is 0.783. The van der Waals surface area contributed by atoms with Crippen molar-refractivity contribution in [1.82, 2.24) is 14.3 Å². The van der Waals surface area contributed by atoms with Crippen LogP contribution in [-0.4, -0.2) is 26.9 Å². The van der Waals surface area contributed by atoms with Gasteiger partial charge in [0.2, 0.25) is 5.95 Å². The summed E-state index contributed by atoms with van der Waals surface area (Å²) in [6.45, 7) is 2.60. The van der Waals surface area contributed by atoms with E-state index in [4.69, 9.17) is 5.73 Å². The Morgan fingerprint density at radius 2 is 2.43 bits per heavy atom. The van der Waals surface area contributed by atoms with Gasteiger partial charge in [-0.15, -0.1) is 0 Å². The summed E-state index contributed by atoms with van der Waals surface area (Å²) < 4.78 is 4.02. The molecule has 0 bridgehead atoms. The summed E-state index contributed by atoms with van der Waals surface area (Å²) in [6.07, 6.45) is 3.52. The van der Waals surface area contributed by atoms with Crippen molar-refractivity contribution in [1.29, 1.82) is 0 Å². The van der Waals surface area contributed by atoms with Crippen LogP contribution in [0, 0.1) is 0 Å². The zero-order valence-corrected chi connectivity index (χ0v) is 8.58. The molecule has 0 aliphatic rings. The van der Waals surface area contributed by atoms with Crippen LogP contribution in [0.2, 0.25) is 0 Å². The smallest absolute Gasteiger partial charge is 0.224 e. The first-order valence-electron chi connectivity index (χ1n) is 4.32. The number of fused-ring (bicyclic) bond motifs is 1. The molecule has 74 valence electrons. The molecule has 6 heteroatoms. The van der Waals surface area contributed by atoms with Crippen molar-refractivity contribution in [2.45, 2.75) is 13.0 Å². The lowest BCUT2D eigenvalue weighted by Gasteiger charge is -2.06. The van der Waals surface area contributed by atoms with E-state index in [0.717, 1.165) is 10.2 Å². The van der Waals surface area contributed by atoms with Gasteiger partial charge in [-0.2, -0.15) is 4.37 Å². The molecule has 0 saturated carbocycles. The first kappa shape index (κ1) is 9.29. The van der Waals surface area contributed by atoms with Crippen molar-refractivity contribution in [3.63, 3.8) is 0 Å². The molecule has 0 spiro atoms. The third-order valence-electron chi connectivity index (χ3n) is 1.69. The maximum Gasteiger partial charge on any atom is 0.224 e. The van der Waals surface area contributed by atoms with Crippen LogP contribution in [-0.2, 0) is 0 Å². The first-order chi connectivity index (χ1) is 6.75. The maximum absolute atomic E-state index is 5.61. The molecule has 0 fully saturated rings. The maximum atomic E-state index is 5.61. The van der Waals surface area contributed by atoms with Crippen LogP contribution in [0.5, 0.6) is 0 Å². The second-order valence-corrected chi connectivity index (χ2v) is 3.92. The summed E-state index contributed by atoms with van der Waals surface area (Å²) in [5.41, 5.74) is 5.61. The minimum absolute atomic E-state index is 0.0933. The number of rotatable bonds is 3. The molecule has 2 rings (SSSR count). The normalized spacial score (nSPS) is 13.0. The molecule has 14 heavy (non-hydrogen) atoms. The third-order valence-corrected chi connectivity index (χ3v) is 2.40. The van der Waals surface area contributed by atoms with Gasteiger partial charge in [0.1, 0.15) is 4.83 Å². The van der Waals surface area contributed by atoms with E-state index in [-0.39, 0.29) is 6.04 Å². The summed E-state index contributed by atoms with van der Waals surface area (Å²) in [4.78, 5) is 9.32. The molecule has 2 aromatic heterocycles. The Labute approximate surface area is 85.5 Å². The van der Waals surface area contributed by atoms with E-state index in [9.17, 15) is 0 Å². The van der Waals surface area contributed by atoms with Gasteiger partial charge in [0.05, 0.1) is 6.20 Å². The van der Waals surface area contributed by atoms with Crippen LogP contribution >= 0.6 is 11.5 Å². The first-order valence-corrected chi connectivity index (χ1v) is 5.10. The monoisotopic (exact) mass is 209 g/mol. The van der Waals surface area contributed by atoms with E-state index in [2.05, 4.69) is 19.7 Å². The summed E-state index contributed by atoms with van der Waals surface area (Å²) in [5, 5.41) is 4.03. The molecule has 0 amide bonds. The highest BCUT2D eigenvalue weighted by molar-refractivity contribution is 7.12. The molecule has 0 aliphatic carbocycles. The molecule has 0 aromatic carbocycles. The van der Waals surface area contributed by atoms with E-state index in [0.29, 0.717) is 12.5 Å². The Hall–Kier alpha value is -1.27. The van der Waals surface area contributed by atoms with Crippen molar-refractivity contribution < 1.29 is 0 Å². The molecule has 5 nitrogen and oxygen atoms in total. The fraction of sp³-hybridized carbons (Fsp3) is 0.375. The summed E-state index contributed by atoms with van der Waals surface area (Å²) in [5.74, 6) is 0.610. The van der Waals surface area contributed by atoms with Gasteiger partial charge in [-0.05, 0) is 18.5 Å². The van der Waals surface area contributed by atoms with Crippen LogP contribution in [0.3, 0.4) is 0 Å². The molecule has 0 saturated heterocycles. The SMILES string of the molecule is CC(N)CNc1ncc2cnsc2n1. The van der Waals surface area contributed by atoms with E-state index >= 15 is 0 Å². The average Bonchev–Trinajstić information content (AvgIpc) is 2.61. The van der Waals surface area contributed by atoms with Gasteiger partial charge < -0.3 is 11.1 Å². The Morgan fingerprint density at radius 1 is 1.57 bits per heavy atom. The van der Waals surface area contributed by atoms with Crippen molar-refractivity contribution in [2.24, 2.45) is 5.73 Å². The predicted molar refractivity (Wildman–Crippen MR) is 57.3 cm³/mol. The van der Waals surface area contributed by atoms with Gasteiger partial charge in [0.15, 0.2) is 0 Å². The second kappa shape index (κ2) is 3.85. The number of nitrogens with one attached hydrogen (secondary N) is 1. The van der Waals surface area contributed by atoms with Crippen molar-refractivity contribution in [3.8, 4) is 0 Å². The van der Waals surface area contributed by atoms with E-state index < -0.39 is 0 Å². The topological polar surface area (TPSA) is 76.7 Å². The van der Waals surface area contributed by atoms with Crippen LogP contribution in [0.4, 0.5) is 5.95 Å². The highest BCUT2D eigenvalue weighted by Crippen LogP contribution is 2.15. The lowest BCUT2D eigenvalue weighted by molar-refractivity contribution is 0.774. The Bertz CT molecular complexity index is 424. The molecule has 3 N–H and O–H groups in total. The highest BCUT2D eigenvalue weighted by atomic mass is 32.1. The van der Waals surface area contributed by atoms with Gasteiger partial charge in [-0.3, -0.25) is 0 Å². The number of nitrogens with two attached hydrogens (primary N) is 1. The number of anilines is 1. The lowest BCUT2D eigenvalue weighted by Crippen LogP contribution is -2.25. The van der Waals surface area contributed by atoms with Crippen molar-refractivity contribution >= 4 is 27.7 Å². The van der Waals surface area contributed by atoms with Crippen LogP contribution in [0.1, 0.15) is 6.92 Å². The fourth-order valence-electron chi connectivity index (χ4n) is 1.01. The van der Waals surface area contributed by atoms with Crippen LogP contribution < -0.4 is 11.1 Å². The van der Waals surface area contributed by atoms with E-state index in [1.165, 1.54) is 11.5 Å². The summed E-state index contributed by atoms with van der Waals surface area (Å²) >= 11 is 1.36. The van der Waals surface area contributed by atoms with Crippen LogP contribution in [0.15, 0.2) is 12.4 Å². The zero-order chi connectivity index (χ0) is 9.97. The predicted octanol–water partition coefficient (Wildman–Crippen LogP) is 0.845. The summed E-state index contributed by atoms with van der Waals surface area (Å²) in [7, 11) is 0. The van der Waals surface area contributed by atoms with Crippen molar-refractivity contribution in [2.75, 3.05) is 11.9 Å². The number of hydrogen-bond acceptors (Lipinski definition) is 6. The Kier molecular flexibility index (Phi) is 2.55. The number of aromatic nitrogens is 3. The average molecular weight is 209 g/mol. The number of nitrogens with zero attached hydrogens (tertiary/aromatic N) is 3. The van der Waals surface area contributed by atoms with Gasteiger partial charge in [-0.1, -0.05) is 0 Å². The lowest BCUT2D eigenvalue weighted by atomic mass is 10.4. The van der Waals surface area contributed by atoms with Gasteiger partial charge >= 0.3 is 0 Å². The van der Waals surface area contributed by atoms with Gasteiger partial charge in [0, 0.05) is 24.2 Å². The fourth-order valence-corrected chi connectivity index (χ4v) is 1.61. The molecular formula is C8H11N5S. The minimum atomic E-state index is 0.0933. The highest BCUT2D eigenvalue weighted by Gasteiger charge is 2.01. The summed E-state index contributed by atoms with van der Waals surface area (Å²) in [6, 6.07) is 0.0933. The van der Waals surface area contributed by atoms with Crippen LogP contribution in [0.25, 0.3) is 10.2 Å². The molecule has 1 unspecified atom stereocenters. The third kappa shape index (κ3) is 1.97. The standard InChI is InChI=1S/C8H11N5S/c1-5(9)2-10-8-11-3-6-4-12-14-7(6)13-8/h3-5H,2,9H2,1H3,(H,10,11,13). The van der Waals surface area contributed by atoms with Gasteiger partial charge in [0.25, 0.3) is 0 Å². The van der Waals surface area contributed by atoms with E-state index in [1.807, 2.05) is 6.92 Å². The molecule has 0 radical (unpaired) electrons. The van der Waals surface area contributed by atoms with E-state index in [1.54, 1.807) is 12.4 Å². The largest absolute Gasteiger partial charge is 0.353 e. The molecular weight excluding hydrogens is 198 g/mol. The number of hydrogen-bond donors (Lipinski definition) is 2. The minimum Gasteiger partial charge on any atom is -0.353 e. The Balaban J connectivity index is 2.17. The molecule has 1 atom stereocenters. The molecule has 2 heterocycles. The second-order valence-electron chi connectivity index (χ2n) is 3.14. The molecule has 0 aliphatic heterocycles. The zero-order valence-electron chi connectivity index (χ0n) is 7.77.